The van der Waals surface area contributed by atoms with Crippen LogP contribution < -0.4 is 17.0 Å². The first-order chi connectivity index (χ1) is 8.84. The Morgan fingerprint density at radius 2 is 1.37 bits per heavy atom. The number of hydrogen-bond donors (Lipinski definition) is 1. The van der Waals surface area contributed by atoms with Crippen LogP contribution in [0, 0.1) is 0 Å². The second-order valence-electron chi connectivity index (χ2n) is 5.07. The van der Waals surface area contributed by atoms with Crippen LogP contribution in [0.5, 0.6) is 0 Å². The zero-order valence-corrected chi connectivity index (χ0v) is 12.9. The molecule has 0 aliphatic heterocycles. The first-order valence-electron chi connectivity index (χ1n) is 7.48. The molecule has 0 bridgehead atoms. The van der Waals surface area contributed by atoms with E-state index in [4.69, 9.17) is 0 Å². The van der Waals surface area contributed by atoms with Crippen LogP contribution in [0.4, 0.5) is 0 Å². The maximum absolute atomic E-state index is 9.96. The molecule has 0 aliphatic rings. The first kappa shape index (κ1) is 18.4. The SMILES string of the molecule is CCCCCCCCCCC(O)[n+]1ccccc1.[Cl-]. The highest BCUT2D eigenvalue weighted by molar-refractivity contribution is 4.83. The van der Waals surface area contributed by atoms with E-state index < -0.39 is 0 Å². The number of aromatic nitrogens is 1. The Hall–Kier alpha value is -0.600. The Balaban J connectivity index is 0.00000324. The van der Waals surface area contributed by atoms with E-state index in [1.165, 1.54) is 44.9 Å². The van der Waals surface area contributed by atoms with Gasteiger partial charge in [-0.1, -0.05) is 57.9 Å². The largest absolute Gasteiger partial charge is 1.00 e. The van der Waals surface area contributed by atoms with Gasteiger partial charge in [0.25, 0.3) is 6.23 Å². The fourth-order valence-electron chi connectivity index (χ4n) is 2.22. The molecule has 0 saturated heterocycles. The molecule has 1 aromatic rings. The topological polar surface area (TPSA) is 24.1 Å². The lowest BCUT2D eigenvalue weighted by molar-refractivity contribution is -0.760. The van der Waals surface area contributed by atoms with Gasteiger partial charge in [0.2, 0.25) is 0 Å². The van der Waals surface area contributed by atoms with E-state index >= 15 is 0 Å². The number of unbranched alkanes of at least 4 members (excludes halogenated alkanes) is 7. The standard InChI is InChI=1S/C16H28NO.ClH/c1-2-3-4-5-6-7-8-10-13-16(18)17-14-11-9-12-15-17;/h9,11-12,14-16,18H,2-8,10,13H2,1H3;1H/q+1;/p-1. The van der Waals surface area contributed by atoms with Crippen LogP contribution in [0.2, 0.25) is 0 Å². The van der Waals surface area contributed by atoms with Crippen molar-refractivity contribution in [2.24, 2.45) is 0 Å². The van der Waals surface area contributed by atoms with Gasteiger partial charge >= 0.3 is 0 Å². The van der Waals surface area contributed by atoms with E-state index in [1.807, 2.05) is 35.2 Å². The minimum Gasteiger partial charge on any atom is -1.00 e. The number of aliphatic hydroxyl groups excluding tert-OH is 1. The number of aliphatic hydroxyl groups is 1. The smallest absolute Gasteiger partial charge is 0.259 e. The number of hydrogen-bond acceptors (Lipinski definition) is 1. The van der Waals surface area contributed by atoms with Crippen molar-refractivity contribution >= 4 is 0 Å². The molecule has 0 aromatic carbocycles. The molecule has 0 spiro atoms. The Bertz CT molecular complexity index is 292. The molecule has 1 rings (SSSR count). The molecule has 0 saturated carbocycles. The fourth-order valence-corrected chi connectivity index (χ4v) is 2.22. The van der Waals surface area contributed by atoms with Crippen molar-refractivity contribution < 1.29 is 22.1 Å². The molecule has 0 radical (unpaired) electrons. The van der Waals surface area contributed by atoms with Gasteiger partial charge in [-0.15, -0.1) is 0 Å². The minimum atomic E-state index is -0.355. The van der Waals surface area contributed by atoms with Crippen molar-refractivity contribution in [2.75, 3.05) is 0 Å². The lowest BCUT2D eigenvalue weighted by atomic mass is 10.1. The van der Waals surface area contributed by atoms with E-state index in [0.717, 1.165) is 12.8 Å². The molecule has 1 aromatic heterocycles. The van der Waals surface area contributed by atoms with Crippen molar-refractivity contribution in [3.05, 3.63) is 30.6 Å². The summed E-state index contributed by atoms with van der Waals surface area (Å²) in [5, 5.41) is 9.96. The molecule has 1 heterocycles. The molecule has 0 fully saturated rings. The Morgan fingerprint density at radius 1 is 0.842 bits per heavy atom. The predicted octanol–water partition coefficient (Wildman–Crippen LogP) is 1.000. The Morgan fingerprint density at radius 3 is 1.95 bits per heavy atom. The summed E-state index contributed by atoms with van der Waals surface area (Å²) < 4.78 is 1.88. The van der Waals surface area contributed by atoms with Crippen molar-refractivity contribution in [3.63, 3.8) is 0 Å². The summed E-state index contributed by atoms with van der Waals surface area (Å²) in [4.78, 5) is 0. The average molecular weight is 286 g/mol. The lowest BCUT2D eigenvalue weighted by Gasteiger charge is -2.05. The van der Waals surface area contributed by atoms with Crippen molar-refractivity contribution in [2.45, 2.75) is 70.9 Å². The number of pyridine rings is 1. The Labute approximate surface area is 124 Å². The van der Waals surface area contributed by atoms with Crippen molar-refractivity contribution in [1.82, 2.24) is 0 Å². The molecule has 1 N–H and O–H groups in total. The number of halogens is 1. The molecule has 2 nitrogen and oxygen atoms in total. The van der Waals surface area contributed by atoms with Crippen LogP contribution in [0.3, 0.4) is 0 Å². The quantitative estimate of drug-likeness (QED) is 0.503. The highest BCUT2D eigenvalue weighted by Crippen LogP contribution is 2.11. The van der Waals surface area contributed by atoms with E-state index in [1.54, 1.807) is 0 Å². The van der Waals surface area contributed by atoms with Crippen molar-refractivity contribution in [3.8, 4) is 0 Å². The third-order valence-electron chi connectivity index (χ3n) is 3.40. The van der Waals surface area contributed by atoms with E-state index in [2.05, 4.69) is 6.92 Å². The normalized spacial score (nSPS) is 11.9. The minimum absolute atomic E-state index is 0. The average Bonchev–Trinajstić information content (AvgIpc) is 2.42. The second-order valence-corrected chi connectivity index (χ2v) is 5.07. The molecule has 3 heteroatoms. The van der Waals surface area contributed by atoms with Crippen LogP contribution >= 0.6 is 0 Å². The predicted molar refractivity (Wildman–Crippen MR) is 75.1 cm³/mol. The monoisotopic (exact) mass is 285 g/mol. The maximum atomic E-state index is 9.96. The van der Waals surface area contributed by atoms with Gasteiger partial charge in [0.15, 0.2) is 12.4 Å². The van der Waals surface area contributed by atoms with Crippen LogP contribution in [0.15, 0.2) is 30.6 Å². The van der Waals surface area contributed by atoms with Gasteiger partial charge in [0.1, 0.15) is 0 Å². The molecule has 1 unspecified atom stereocenters. The van der Waals surface area contributed by atoms with Gasteiger partial charge < -0.3 is 17.5 Å². The summed E-state index contributed by atoms with van der Waals surface area (Å²) in [6.07, 6.45) is 14.9. The molecule has 1 atom stereocenters. The summed E-state index contributed by atoms with van der Waals surface area (Å²) in [5.74, 6) is 0. The van der Waals surface area contributed by atoms with Gasteiger partial charge in [-0.3, -0.25) is 0 Å². The van der Waals surface area contributed by atoms with Gasteiger partial charge in [-0.2, -0.15) is 4.57 Å². The van der Waals surface area contributed by atoms with E-state index in [0.29, 0.717) is 0 Å². The number of rotatable bonds is 10. The van der Waals surface area contributed by atoms with Gasteiger partial charge in [-0.25, -0.2) is 0 Å². The van der Waals surface area contributed by atoms with Crippen LogP contribution in [-0.2, 0) is 0 Å². The van der Waals surface area contributed by atoms with E-state index in [-0.39, 0.29) is 18.6 Å². The molecule has 0 amide bonds. The zero-order chi connectivity index (χ0) is 13.1. The molecule has 19 heavy (non-hydrogen) atoms. The van der Waals surface area contributed by atoms with Crippen LogP contribution in [0.25, 0.3) is 0 Å². The highest BCUT2D eigenvalue weighted by atomic mass is 35.5. The highest BCUT2D eigenvalue weighted by Gasteiger charge is 2.11. The van der Waals surface area contributed by atoms with Gasteiger partial charge in [-0.05, 0) is 6.42 Å². The first-order valence-corrected chi connectivity index (χ1v) is 7.48. The summed E-state index contributed by atoms with van der Waals surface area (Å²) in [5.41, 5.74) is 0. The van der Waals surface area contributed by atoms with Gasteiger partial charge in [0.05, 0.1) is 0 Å². The lowest BCUT2D eigenvalue weighted by Crippen LogP contribution is -3.00. The summed E-state index contributed by atoms with van der Waals surface area (Å²) >= 11 is 0. The number of nitrogens with zero attached hydrogens (tertiary/aromatic N) is 1. The van der Waals surface area contributed by atoms with E-state index in [9.17, 15) is 5.11 Å². The second kappa shape index (κ2) is 12.4. The molecule has 110 valence electrons. The summed E-state index contributed by atoms with van der Waals surface area (Å²) in [6.45, 7) is 2.25. The summed E-state index contributed by atoms with van der Waals surface area (Å²) in [7, 11) is 0. The third-order valence-corrected chi connectivity index (χ3v) is 3.40. The fraction of sp³-hybridized carbons (Fsp3) is 0.688. The molecular weight excluding hydrogens is 258 g/mol. The molecular formula is C16H28ClNO. The maximum Gasteiger partial charge on any atom is 0.259 e. The van der Waals surface area contributed by atoms with Gasteiger partial charge in [0, 0.05) is 18.6 Å². The van der Waals surface area contributed by atoms with Crippen LogP contribution in [-0.4, -0.2) is 5.11 Å². The Kier molecular flexibility index (Phi) is 12.0. The van der Waals surface area contributed by atoms with Crippen molar-refractivity contribution in [1.29, 1.82) is 0 Å². The molecule has 0 aliphatic carbocycles. The zero-order valence-electron chi connectivity index (χ0n) is 12.1. The third kappa shape index (κ3) is 9.01. The summed E-state index contributed by atoms with van der Waals surface area (Å²) in [6, 6.07) is 5.88. The van der Waals surface area contributed by atoms with Crippen LogP contribution in [0.1, 0.15) is 70.9 Å².